The van der Waals surface area contributed by atoms with Gasteiger partial charge in [0, 0.05) is 16.6 Å². The van der Waals surface area contributed by atoms with Crippen LogP contribution in [-0.2, 0) is 6.61 Å². The molecule has 0 amide bonds. The van der Waals surface area contributed by atoms with Gasteiger partial charge in [-0.3, -0.25) is 5.43 Å². The van der Waals surface area contributed by atoms with Crippen LogP contribution in [-0.4, -0.2) is 25.0 Å². The van der Waals surface area contributed by atoms with Crippen molar-refractivity contribution in [1.82, 2.24) is 10.7 Å². The number of hydrogen-bond donors (Lipinski definition) is 2. The molecule has 2 aromatic rings. The number of nitrogens with one attached hydrogen (secondary N) is 2. The molecule has 0 aliphatic heterocycles. The van der Waals surface area contributed by atoms with Crippen LogP contribution in [0.4, 0.5) is 0 Å². The molecule has 5 nitrogen and oxygen atoms in total. The second kappa shape index (κ2) is 10.0. The molecule has 0 bridgehead atoms. The Kier molecular flexibility index (Phi) is 7.69. The monoisotopic (exact) mass is 421 g/mol. The van der Waals surface area contributed by atoms with E-state index >= 15 is 0 Å². The number of rotatable bonds is 7. The van der Waals surface area contributed by atoms with E-state index in [0.29, 0.717) is 23.2 Å². The molecule has 2 N–H and O–H groups in total. The lowest BCUT2D eigenvalue weighted by Gasteiger charge is -2.13. The van der Waals surface area contributed by atoms with E-state index in [9.17, 15) is 0 Å². The zero-order valence-electron chi connectivity index (χ0n) is 14.1. The predicted octanol–water partition coefficient (Wildman–Crippen LogP) is 3.85. The van der Waals surface area contributed by atoms with Crippen LogP contribution in [0.5, 0.6) is 11.5 Å². The molecule has 0 fully saturated rings. The fraction of sp³-hybridized carbons (Fsp3) is 0.222. The first-order valence-electron chi connectivity index (χ1n) is 7.75. The lowest BCUT2D eigenvalue weighted by atomic mass is 10.2. The zero-order valence-corrected chi connectivity index (χ0v) is 16.5. The van der Waals surface area contributed by atoms with Crippen molar-refractivity contribution >= 4 is 39.5 Å². The molecule has 0 atom stereocenters. The second-order valence-electron chi connectivity index (χ2n) is 5.03. The van der Waals surface area contributed by atoms with Gasteiger partial charge in [0.2, 0.25) is 0 Å². The smallest absolute Gasteiger partial charge is 0.186 e. The van der Waals surface area contributed by atoms with Gasteiger partial charge in [0.15, 0.2) is 16.6 Å². The van der Waals surface area contributed by atoms with Gasteiger partial charge in [-0.1, -0.05) is 30.3 Å². The molecule has 132 valence electrons. The molecule has 25 heavy (non-hydrogen) atoms. The Morgan fingerprint density at radius 1 is 1.24 bits per heavy atom. The van der Waals surface area contributed by atoms with Gasteiger partial charge in [-0.05, 0) is 52.8 Å². The van der Waals surface area contributed by atoms with Crippen LogP contribution in [0, 0.1) is 0 Å². The number of hydrogen-bond acceptors (Lipinski definition) is 4. The molecular formula is C18H20BrN3O2S. The van der Waals surface area contributed by atoms with Crippen molar-refractivity contribution in [3.63, 3.8) is 0 Å². The number of halogens is 1. The minimum Gasteiger partial charge on any atom is -0.493 e. The van der Waals surface area contributed by atoms with Crippen LogP contribution < -0.4 is 20.2 Å². The Morgan fingerprint density at radius 3 is 2.68 bits per heavy atom. The van der Waals surface area contributed by atoms with Gasteiger partial charge in [-0.25, -0.2) is 0 Å². The highest BCUT2D eigenvalue weighted by Gasteiger charge is 2.10. The molecule has 0 saturated carbocycles. The summed E-state index contributed by atoms with van der Waals surface area (Å²) >= 11 is 8.59. The number of ether oxygens (including phenoxy) is 2. The number of methoxy groups -OCH3 is 1. The number of nitrogens with zero attached hydrogens (tertiary/aromatic N) is 1. The third kappa shape index (κ3) is 6.03. The number of thiocarbonyl (C=S) groups is 1. The maximum Gasteiger partial charge on any atom is 0.186 e. The summed E-state index contributed by atoms with van der Waals surface area (Å²) < 4.78 is 12.2. The Bertz CT molecular complexity index is 739. The Labute approximate surface area is 161 Å². The Morgan fingerprint density at radius 2 is 2.00 bits per heavy atom. The third-order valence-electron chi connectivity index (χ3n) is 3.23. The van der Waals surface area contributed by atoms with E-state index in [1.54, 1.807) is 13.3 Å². The van der Waals surface area contributed by atoms with Crippen LogP contribution in [0.25, 0.3) is 0 Å². The number of hydrazone groups is 1. The summed E-state index contributed by atoms with van der Waals surface area (Å²) in [5.41, 5.74) is 4.69. The van der Waals surface area contributed by atoms with Crippen LogP contribution in [0.3, 0.4) is 0 Å². The van der Waals surface area contributed by atoms with E-state index in [4.69, 9.17) is 21.7 Å². The van der Waals surface area contributed by atoms with E-state index < -0.39 is 0 Å². The topological polar surface area (TPSA) is 54.9 Å². The van der Waals surface area contributed by atoms with Crippen LogP contribution in [0.1, 0.15) is 18.1 Å². The maximum atomic E-state index is 5.88. The summed E-state index contributed by atoms with van der Waals surface area (Å²) in [6, 6.07) is 13.7. The second-order valence-corrected chi connectivity index (χ2v) is 6.29. The minimum atomic E-state index is 0.468. The lowest BCUT2D eigenvalue weighted by molar-refractivity contribution is 0.284. The van der Waals surface area contributed by atoms with Gasteiger partial charge in [0.25, 0.3) is 0 Å². The Balaban J connectivity index is 2.09. The van der Waals surface area contributed by atoms with Gasteiger partial charge in [-0.15, -0.1) is 0 Å². The first-order valence-corrected chi connectivity index (χ1v) is 8.95. The lowest BCUT2D eigenvalue weighted by Crippen LogP contribution is -2.31. The van der Waals surface area contributed by atoms with Crippen molar-refractivity contribution in [1.29, 1.82) is 0 Å². The van der Waals surface area contributed by atoms with Crippen LogP contribution >= 0.6 is 28.1 Å². The minimum absolute atomic E-state index is 0.468. The van der Waals surface area contributed by atoms with Crippen molar-refractivity contribution in [3.05, 3.63) is 58.1 Å². The fourth-order valence-electron chi connectivity index (χ4n) is 2.02. The first kappa shape index (κ1) is 19.2. The number of benzene rings is 2. The van der Waals surface area contributed by atoms with Crippen molar-refractivity contribution in [3.8, 4) is 11.5 Å². The van der Waals surface area contributed by atoms with E-state index in [0.717, 1.165) is 22.1 Å². The average Bonchev–Trinajstić information content (AvgIpc) is 2.62. The van der Waals surface area contributed by atoms with Crippen molar-refractivity contribution in [2.75, 3.05) is 13.7 Å². The molecule has 0 aliphatic carbocycles. The van der Waals surface area contributed by atoms with Crippen LogP contribution in [0.15, 0.2) is 52.0 Å². The summed E-state index contributed by atoms with van der Waals surface area (Å²) in [7, 11) is 1.61. The first-order chi connectivity index (χ1) is 12.1. The van der Waals surface area contributed by atoms with E-state index in [1.165, 1.54) is 0 Å². The Hall–Kier alpha value is -2.12. The molecular weight excluding hydrogens is 402 g/mol. The molecule has 2 rings (SSSR count). The summed E-state index contributed by atoms with van der Waals surface area (Å²) in [4.78, 5) is 0. The summed E-state index contributed by atoms with van der Waals surface area (Å²) in [5, 5.41) is 7.55. The van der Waals surface area contributed by atoms with Gasteiger partial charge in [-0.2, -0.15) is 5.10 Å². The quantitative estimate of drug-likeness (QED) is 0.403. The molecule has 0 aromatic heterocycles. The van der Waals surface area contributed by atoms with E-state index in [1.807, 2.05) is 49.4 Å². The highest BCUT2D eigenvalue weighted by molar-refractivity contribution is 9.10. The molecule has 0 radical (unpaired) electrons. The average molecular weight is 422 g/mol. The van der Waals surface area contributed by atoms with Gasteiger partial charge in [0.05, 0.1) is 13.3 Å². The van der Waals surface area contributed by atoms with Crippen molar-refractivity contribution in [2.45, 2.75) is 13.5 Å². The summed E-state index contributed by atoms with van der Waals surface area (Å²) in [6.45, 7) is 3.18. The van der Waals surface area contributed by atoms with Crippen molar-refractivity contribution < 1.29 is 9.47 Å². The predicted molar refractivity (Wildman–Crippen MR) is 108 cm³/mol. The maximum absolute atomic E-state index is 5.88. The summed E-state index contributed by atoms with van der Waals surface area (Å²) in [6.07, 6.45) is 1.66. The standard InChI is InChI=1S/C18H20BrN3O2S/c1-3-20-18(25)22-21-11-14-9-16(23-2)17(10-15(14)19)24-12-13-7-5-4-6-8-13/h4-11H,3,12H2,1-2H3,(H2,20,22,25). The molecule has 0 unspecified atom stereocenters. The molecule has 0 spiro atoms. The van der Waals surface area contributed by atoms with Crippen LogP contribution in [0.2, 0.25) is 0 Å². The molecule has 0 aliphatic rings. The largest absolute Gasteiger partial charge is 0.493 e. The molecule has 0 heterocycles. The molecule has 7 heteroatoms. The van der Waals surface area contributed by atoms with Gasteiger partial charge < -0.3 is 14.8 Å². The third-order valence-corrected chi connectivity index (χ3v) is 4.15. The van der Waals surface area contributed by atoms with Gasteiger partial charge in [0.1, 0.15) is 6.61 Å². The van der Waals surface area contributed by atoms with Crippen molar-refractivity contribution in [2.24, 2.45) is 5.10 Å². The highest BCUT2D eigenvalue weighted by atomic mass is 79.9. The summed E-state index contributed by atoms with van der Waals surface area (Å²) in [5.74, 6) is 1.29. The zero-order chi connectivity index (χ0) is 18.1. The molecule has 2 aromatic carbocycles. The normalized spacial score (nSPS) is 10.5. The fourth-order valence-corrected chi connectivity index (χ4v) is 2.64. The molecule has 0 saturated heterocycles. The highest BCUT2D eigenvalue weighted by Crippen LogP contribution is 2.33. The van der Waals surface area contributed by atoms with E-state index in [-0.39, 0.29) is 0 Å². The van der Waals surface area contributed by atoms with Gasteiger partial charge >= 0.3 is 0 Å². The SMILES string of the molecule is CCNC(=S)NN=Cc1cc(OC)c(OCc2ccccc2)cc1Br. The van der Waals surface area contributed by atoms with E-state index in [2.05, 4.69) is 31.8 Å².